The fourth-order valence-corrected chi connectivity index (χ4v) is 3.42. The number of carboxylic acids is 1. The maximum absolute atomic E-state index is 11.8. The maximum atomic E-state index is 11.8. The van der Waals surface area contributed by atoms with Gasteiger partial charge in [0.15, 0.2) is 0 Å². The Morgan fingerprint density at radius 2 is 2.18 bits per heavy atom. The lowest BCUT2D eigenvalue weighted by atomic mass is 10.6. The van der Waals surface area contributed by atoms with E-state index in [-0.39, 0.29) is 9.21 Å². The predicted octanol–water partition coefficient (Wildman–Crippen LogP) is 0.361. The minimum Gasteiger partial charge on any atom is -0.480 e. The third kappa shape index (κ3) is 2.99. The van der Waals surface area contributed by atoms with Gasteiger partial charge in [-0.3, -0.25) is 14.9 Å². The average molecular weight is 280 g/mol. The summed E-state index contributed by atoms with van der Waals surface area (Å²) >= 11 is 0.482. The van der Waals surface area contributed by atoms with Crippen molar-refractivity contribution in [2.45, 2.75) is 4.21 Å². The lowest BCUT2D eigenvalue weighted by Crippen LogP contribution is -2.31. The van der Waals surface area contributed by atoms with Gasteiger partial charge in [-0.2, -0.15) is 4.31 Å². The highest BCUT2D eigenvalue weighted by Crippen LogP contribution is 2.29. The van der Waals surface area contributed by atoms with Crippen molar-refractivity contribution in [3.63, 3.8) is 0 Å². The molecule has 0 saturated heterocycles. The Morgan fingerprint density at radius 3 is 2.59 bits per heavy atom. The highest BCUT2D eigenvalue weighted by Gasteiger charge is 2.26. The van der Waals surface area contributed by atoms with Gasteiger partial charge in [0, 0.05) is 13.1 Å². The van der Waals surface area contributed by atoms with Crippen LogP contribution in [0, 0.1) is 10.1 Å². The van der Waals surface area contributed by atoms with Gasteiger partial charge < -0.3 is 5.11 Å². The van der Waals surface area contributed by atoms with E-state index >= 15 is 0 Å². The van der Waals surface area contributed by atoms with Crippen LogP contribution >= 0.6 is 11.3 Å². The number of nitro groups is 1. The number of aliphatic carboxylic acids is 1. The summed E-state index contributed by atoms with van der Waals surface area (Å²) < 4.78 is 23.9. The second-order valence-corrected chi connectivity index (χ2v) is 6.34. The van der Waals surface area contributed by atoms with E-state index in [1.165, 1.54) is 0 Å². The van der Waals surface area contributed by atoms with Crippen LogP contribution in [0.5, 0.6) is 0 Å². The van der Waals surface area contributed by atoms with E-state index in [1.807, 2.05) is 0 Å². The van der Waals surface area contributed by atoms with Crippen molar-refractivity contribution in [1.82, 2.24) is 4.31 Å². The number of hydrogen-bond donors (Lipinski definition) is 1. The molecule has 17 heavy (non-hydrogen) atoms. The van der Waals surface area contributed by atoms with Gasteiger partial charge in [-0.05, 0) is 17.4 Å². The van der Waals surface area contributed by atoms with Gasteiger partial charge in [0.2, 0.25) is 0 Å². The van der Waals surface area contributed by atoms with E-state index < -0.39 is 27.5 Å². The molecule has 0 atom stereocenters. The Balaban J connectivity index is 3.04. The Hall–Kier alpha value is -1.52. The van der Waals surface area contributed by atoms with Crippen LogP contribution in [-0.4, -0.2) is 42.3 Å². The molecule has 0 aliphatic heterocycles. The monoisotopic (exact) mass is 280 g/mol. The zero-order chi connectivity index (χ0) is 13.2. The standard InChI is InChI=1S/C7H8N2O6S2/c1-8(4-6(10)11)17(14,15)7-3-2-5(16-7)9(12)13/h2-3H,4H2,1H3,(H,10,11). The second kappa shape index (κ2) is 4.77. The van der Waals surface area contributed by atoms with E-state index in [4.69, 9.17) is 5.11 Å². The van der Waals surface area contributed by atoms with E-state index in [0.29, 0.717) is 15.6 Å². The molecular weight excluding hydrogens is 272 g/mol. The van der Waals surface area contributed by atoms with Crippen LogP contribution in [0.1, 0.15) is 0 Å². The second-order valence-electron chi connectivity index (χ2n) is 3.00. The molecule has 8 nitrogen and oxygen atoms in total. The van der Waals surface area contributed by atoms with Gasteiger partial charge in [-0.1, -0.05) is 0 Å². The maximum Gasteiger partial charge on any atom is 0.325 e. The van der Waals surface area contributed by atoms with Gasteiger partial charge >= 0.3 is 11.0 Å². The number of hydrogen-bond acceptors (Lipinski definition) is 6. The first-order valence-electron chi connectivity index (χ1n) is 4.17. The van der Waals surface area contributed by atoms with Gasteiger partial charge in [0.25, 0.3) is 10.0 Å². The van der Waals surface area contributed by atoms with Crippen molar-refractivity contribution in [3.05, 3.63) is 22.2 Å². The SMILES string of the molecule is CN(CC(=O)O)S(=O)(=O)c1ccc([N+](=O)[O-])s1. The molecule has 1 aromatic rings. The van der Waals surface area contributed by atoms with Gasteiger partial charge in [-0.15, -0.1) is 0 Å². The summed E-state index contributed by atoms with van der Waals surface area (Å²) in [6.45, 7) is -0.700. The summed E-state index contributed by atoms with van der Waals surface area (Å²) in [5.74, 6) is -1.30. The fraction of sp³-hybridized carbons (Fsp3) is 0.286. The van der Waals surface area contributed by atoms with Crippen LogP contribution in [0.3, 0.4) is 0 Å². The molecule has 1 rings (SSSR count). The third-order valence-electron chi connectivity index (χ3n) is 1.77. The van der Waals surface area contributed by atoms with E-state index in [9.17, 15) is 23.3 Å². The van der Waals surface area contributed by atoms with E-state index in [1.54, 1.807) is 0 Å². The Bertz CT molecular complexity index is 548. The van der Waals surface area contributed by atoms with Gasteiger partial charge in [-0.25, -0.2) is 8.42 Å². The first-order valence-corrected chi connectivity index (χ1v) is 6.43. The zero-order valence-electron chi connectivity index (χ0n) is 8.56. The molecule has 1 aromatic heterocycles. The predicted molar refractivity (Wildman–Crippen MR) is 58.4 cm³/mol. The molecule has 0 aliphatic carbocycles. The molecule has 10 heteroatoms. The zero-order valence-corrected chi connectivity index (χ0v) is 10.2. The molecule has 1 heterocycles. The molecule has 0 aliphatic rings. The lowest BCUT2D eigenvalue weighted by Gasteiger charge is -2.12. The molecule has 0 aromatic carbocycles. The highest BCUT2D eigenvalue weighted by molar-refractivity contribution is 7.91. The number of thiophene rings is 1. The van der Waals surface area contributed by atoms with E-state index in [0.717, 1.165) is 19.2 Å². The molecule has 0 spiro atoms. The number of carboxylic acid groups (broad SMARTS) is 1. The molecule has 0 radical (unpaired) electrons. The Kier molecular flexibility index (Phi) is 3.80. The van der Waals surface area contributed by atoms with Crippen LogP contribution in [0.2, 0.25) is 0 Å². The van der Waals surface area contributed by atoms with Crippen LogP contribution in [-0.2, 0) is 14.8 Å². The molecule has 0 saturated carbocycles. The molecule has 94 valence electrons. The third-order valence-corrected chi connectivity index (χ3v) is 5.08. The fourth-order valence-electron chi connectivity index (χ4n) is 0.976. The quantitative estimate of drug-likeness (QED) is 0.614. The molecule has 0 bridgehead atoms. The topological polar surface area (TPSA) is 118 Å². The summed E-state index contributed by atoms with van der Waals surface area (Å²) in [7, 11) is -2.89. The number of likely N-dealkylation sites (N-methyl/N-ethyl adjacent to an activating group) is 1. The number of rotatable bonds is 5. The highest BCUT2D eigenvalue weighted by atomic mass is 32.2. The van der Waals surface area contributed by atoms with E-state index in [2.05, 4.69) is 0 Å². The summed E-state index contributed by atoms with van der Waals surface area (Å²) in [6.07, 6.45) is 0. The first kappa shape index (κ1) is 13.5. The molecular formula is C7H8N2O6S2. The van der Waals surface area contributed by atoms with Crippen LogP contribution in [0.4, 0.5) is 5.00 Å². The van der Waals surface area contributed by atoms with Crippen molar-refractivity contribution in [3.8, 4) is 0 Å². The van der Waals surface area contributed by atoms with Crippen molar-refractivity contribution in [2.24, 2.45) is 0 Å². The molecule has 1 N–H and O–H groups in total. The summed E-state index contributed by atoms with van der Waals surface area (Å²) in [4.78, 5) is 20.1. The molecule has 0 unspecified atom stereocenters. The smallest absolute Gasteiger partial charge is 0.325 e. The number of nitrogens with zero attached hydrogens (tertiary/aromatic N) is 2. The van der Waals surface area contributed by atoms with Crippen molar-refractivity contribution in [1.29, 1.82) is 0 Å². The summed E-state index contributed by atoms with van der Waals surface area (Å²) in [5.41, 5.74) is 0. The first-order chi connectivity index (χ1) is 7.75. The molecule has 0 amide bonds. The number of sulfonamides is 1. The van der Waals surface area contributed by atoms with Crippen LogP contribution in [0.25, 0.3) is 0 Å². The normalized spacial score (nSPS) is 11.6. The summed E-state index contributed by atoms with van der Waals surface area (Å²) in [5, 5.41) is 18.6. The largest absolute Gasteiger partial charge is 0.480 e. The number of carbonyl (C=O) groups is 1. The van der Waals surface area contributed by atoms with Crippen molar-refractivity contribution >= 4 is 32.3 Å². The van der Waals surface area contributed by atoms with Gasteiger partial charge in [0.1, 0.15) is 10.8 Å². The average Bonchev–Trinajstić information content (AvgIpc) is 2.65. The van der Waals surface area contributed by atoms with Crippen molar-refractivity contribution < 1.29 is 23.2 Å². The van der Waals surface area contributed by atoms with Crippen molar-refractivity contribution in [2.75, 3.05) is 13.6 Å². The Morgan fingerprint density at radius 1 is 1.59 bits per heavy atom. The lowest BCUT2D eigenvalue weighted by molar-refractivity contribution is -0.380. The summed E-state index contributed by atoms with van der Waals surface area (Å²) in [6, 6.07) is 2.14. The van der Waals surface area contributed by atoms with Crippen LogP contribution in [0.15, 0.2) is 16.3 Å². The van der Waals surface area contributed by atoms with Gasteiger partial charge in [0.05, 0.1) is 4.92 Å². The minimum atomic E-state index is -3.98. The minimum absolute atomic E-state index is 0.257. The molecule has 0 fully saturated rings. The Labute approximate surface area is 100 Å². The van der Waals surface area contributed by atoms with Crippen LogP contribution < -0.4 is 0 Å².